The Hall–Kier alpha value is -1.26. The number of hydrogen-bond acceptors (Lipinski definition) is 4. The fourth-order valence-electron chi connectivity index (χ4n) is 2.86. The highest BCUT2D eigenvalue weighted by Crippen LogP contribution is 2.46. The molecule has 0 spiro atoms. The van der Waals surface area contributed by atoms with E-state index in [1.165, 1.54) is 0 Å². The summed E-state index contributed by atoms with van der Waals surface area (Å²) in [5.74, 6) is 1.30. The standard InChI is InChI=1S/C15H22O4/c1-14(2)10-15(16,8-9-19-14)13-11(17-3)6-5-7-12(13)18-4/h5-7,16H,8-10H2,1-4H3. The lowest BCUT2D eigenvalue weighted by molar-refractivity contribution is -0.149. The van der Waals surface area contributed by atoms with Gasteiger partial charge in [-0.25, -0.2) is 0 Å². The molecule has 1 saturated heterocycles. The fraction of sp³-hybridized carbons (Fsp3) is 0.600. The van der Waals surface area contributed by atoms with Crippen LogP contribution in [0.1, 0.15) is 32.3 Å². The lowest BCUT2D eigenvalue weighted by Gasteiger charge is -2.42. The van der Waals surface area contributed by atoms with Gasteiger partial charge in [0.05, 0.1) is 32.0 Å². The molecule has 0 aromatic heterocycles. The summed E-state index contributed by atoms with van der Waals surface area (Å²) in [4.78, 5) is 0. The number of methoxy groups -OCH3 is 2. The summed E-state index contributed by atoms with van der Waals surface area (Å²) in [7, 11) is 3.21. The zero-order valence-corrected chi connectivity index (χ0v) is 12.0. The third-order valence-electron chi connectivity index (χ3n) is 3.62. The highest BCUT2D eigenvalue weighted by atomic mass is 16.5. The van der Waals surface area contributed by atoms with Gasteiger partial charge in [-0.3, -0.25) is 0 Å². The molecule has 19 heavy (non-hydrogen) atoms. The van der Waals surface area contributed by atoms with Crippen molar-refractivity contribution in [3.63, 3.8) is 0 Å². The molecule has 1 fully saturated rings. The van der Waals surface area contributed by atoms with Crippen LogP contribution in [-0.2, 0) is 10.3 Å². The molecule has 0 aliphatic carbocycles. The topological polar surface area (TPSA) is 47.9 Å². The van der Waals surface area contributed by atoms with Crippen LogP contribution in [0.25, 0.3) is 0 Å². The second-order valence-corrected chi connectivity index (χ2v) is 5.60. The van der Waals surface area contributed by atoms with Crippen molar-refractivity contribution in [1.82, 2.24) is 0 Å². The predicted octanol–water partition coefficient (Wildman–Crippen LogP) is 2.48. The van der Waals surface area contributed by atoms with Crippen molar-refractivity contribution in [2.75, 3.05) is 20.8 Å². The second kappa shape index (κ2) is 5.02. The van der Waals surface area contributed by atoms with Crippen molar-refractivity contribution in [2.24, 2.45) is 0 Å². The van der Waals surface area contributed by atoms with Crippen LogP contribution in [0.4, 0.5) is 0 Å². The van der Waals surface area contributed by atoms with E-state index < -0.39 is 5.60 Å². The van der Waals surface area contributed by atoms with Gasteiger partial charge >= 0.3 is 0 Å². The van der Waals surface area contributed by atoms with Crippen molar-refractivity contribution in [3.8, 4) is 11.5 Å². The van der Waals surface area contributed by atoms with Crippen LogP contribution in [0.5, 0.6) is 11.5 Å². The Morgan fingerprint density at radius 1 is 1.16 bits per heavy atom. The molecule has 1 aromatic carbocycles. The summed E-state index contributed by atoms with van der Waals surface area (Å²) in [5.41, 5.74) is -0.630. The summed E-state index contributed by atoms with van der Waals surface area (Å²) in [5, 5.41) is 11.1. The third-order valence-corrected chi connectivity index (χ3v) is 3.62. The van der Waals surface area contributed by atoms with Crippen LogP contribution < -0.4 is 9.47 Å². The van der Waals surface area contributed by atoms with E-state index in [4.69, 9.17) is 14.2 Å². The van der Waals surface area contributed by atoms with Gasteiger partial charge in [0.25, 0.3) is 0 Å². The number of rotatable bonds is 3. The summed E-state index contributed by atoms with van der Waals surface area (Å²) >= 11 is 0. The highest BCUT2D eigenvalue weighted by molar-refractivity contribution is 5.49. The van der Waals surface area contributed by atoms with Crippen molar-refractivity contribution in [1.29, 1.82) is 0 Å². The van der Waals surface area contributed by atoms with E-state index in [1.807, 2.05) is 32.0 Å². The predicted molar refractivity (Wildman–Crippen MR) is 72.7 cm³/mol. The Labute approximate surface area is 114 Å². The Morgan fingerprint density at radius 3 is 2.21 bits per heavy atom. The minimum Gasteiger partial charge on any atom is -0.496 e. The van der Waals surface area contributed by atoms with Gasteiger partial charge in [0, 0.05) is 12.8 Å². The first-order valence-corrected chi connectivity index (χ1v) is 6.50. The van der Waals surface area contributed by atoms with E-state index >= 15 is 0 Å². The fourth-order valence-corrected chi connectivity index (χ4v) is 2.86. The molecule has 1 aromatic rings. The van der Waals surface area contributed by atoms with Gasteiger partial charge in [0.15, 0.2) is 0 Å². The summed E-state index contributed by atoms with van der Waals surface area (Å²) in [6, 6.07) is 5.55. The van der Waals surface area contributed by atoms with E-state index in [0.717, 1.165) is 5.56 Å². The van der Waals surface area contributed by atoms with E-state index in [1.54, 1.807) is 14.2 Å². The maximum Gasteiger partial charge on any atom is 0.128 e. The Kier molecular flexibility index (Phi) is 3.74. The maximum absolute atomic E-state index is 11.1. The minimum absolute atomic E-state index is 0.362. The molecule has 1 unspecified atom stereocenters. The molecule has 4 nitrogen and oxygen atoms in total. The Balaban J connectivity index is 2.50. The van der Waals surface area contributed by atoms with Crippen LogP contribution in [0.2, 0.25) is 0 Å². The maximum atomic E-state index is 11.1. The molecular weight excluding hydrogens is 244 g/mol. The normalized spacial score (nSPS) is 25.9. The molecule has 0 saturated carbocycles. The van der Waals surface area contributed by atoms with Crippen molar-refractivity contribution >= 4 is 0 Å². The Morgan fingerprint density at radius 2 is 1.74 bits per heavy atom. The molecular formula is C15H22O4. The van der Waals surface area contributed by atoms with Gasteiger partial charge in [0.2, 0.25) is 0 Å². The first-order chi connectivity index (χ1) is 8.92. The quantitative estimate of drug-likeness (QED) is 0.913. The molecule has 4 heteroatoms. The lowest BCUT2D eigenvalue weighted by atomic mass is 9.78. The first-order valence-electron chi connectivity index (χ1n) is 6.50. The smallest absolute Gasteiger partial charge is 0.128 e. The van der Waals surface area contributed by atoms with Crippen LogP contribution in [0.3, 0.4) is 0 Å². The van der Waals surface area contributed by atoms with Crippen LogP contribution >= 0.6 is 0 Å². The Bertz CT molecular complexity index is 433. The molecule has 1 heterocycles. The van der Waals surface area contributed by atoms with E-state index in [-0.39, 0.29) is 5.60 Å². The zero-order chi connectivity index (χ0) is 14.1. The van der Waals surface area contributed by atoms with Gasteiger partial charge in [0.1, 0.15) is 17.1 Å². The number of ether oxygens (including phenoxy) is 3. The molecule has 0 amide bonds. The molecule has 1 aliphatic heterocycles. The highest BCUT2D eigenvalue weighted by Gasteiger charge is 2.44. The van der Waals surface area contributed by atoms with Crippen LogP contribution in [0, 0.1) is 0 Å². The first kappa shape index (κ1) is 14.2. The van der Waals surface area contributed by atoms with E-state index in [0.29, 0.717) is 30.9 Å². The number of hydrogen-bond donors (Lipinski definition) is 1. The van der Waals surface area contributed by atoms with Crippen LogP contribution in [-0.4, -0.2) is 31.5 Å². The molecule has 1 aliphatic rings. The van der Waals surface area contributed by atoms with Crippen molar-refractivity contribution in [3.05, 3.63) is 23.8 Å². The van der Waals surface area contributed by atoms with Gasteiger partial charge < -0.3 is 19.3 Å². The molecule has 1 atom stereocenters. The van der Waals surface area contributed by atoms with Gasteiger partial charge in [-0.1, -0.05) is 6.07 Å². The third kappa shape index (κ3) is 2.69. The van der Waals surface area contributed by atoms with Gasteiger partial charge in [-0.15, -0.1) is 0 Å². The summed E-state index contributed by atoms with van der Waals surface area (Å²) in [6.45, 7) is 4.49. The minimum atomic E-state index is -0.986. The van der Waals surface area contributed by atoms with Crippen molar-refractivity contribution < 1.29 is 19.3 Å². The number of aliphatic hydroxyl groups is 1. The molecule has 0 bridgehead atoms. The lowest BCUT2D eigenvalue weighted by Crippen LogP contribution is -2.44. The summed E-state index contributed by atoms with van der Waals surface area (Å²) < 4.78 is 16.5. The monoisotopic (exact) mass is 266 g/mol. The molecule has 106 valence electrons. The average Bonchev–Trinajstić information content (AvgIpc) is 2.36. The zero-order valence-electron chi connectivity index (χ0n) is 12.0. The molecule has 2 rings (SSSR count). The largest absolute Gasteiger partial charge is 0.496 e. The van der Waals surface area contributed by atoms with Gasteiger partial charge in [-0.05, 0) is 26.0 Å². The summed E-state index contributed by atoms with van der Waals surface area (Å²) in [6.07, 6.45) is 1.05. The van der Waals surface area contributed by atoms with E-state index in [9.17, 15) is 5.11 Å². The van der Waals surface area contributed by atoms with E-state index in [2.05, 4.69) is 0 Å². The number of benzene rings is 1. The van der Waals surface area contributed by atoms with Crippen molar-refractivity contribution in [2.45, 2.75) is 37.9 Å². The second-order valence-electron chi connectivity index (χ2n) is 5.60. The van der Waals surface area contributed by atoms with Crippen LogP contribution in [0.15, 0.2) is 18.2 Å². The molecule has 1 N–H and O–H groups in total. The SMILES string of the molecule is COc1cccc(OC)c1C1(O)CCOC(C)(C)C1. The van der Waals surface area contributed by atoms with Gasteiger partial charge in [-0.2, -0.15) is 0 Å². The molecule has 0 radical (unpaired) electrons. The average molecular weight is 266 g/mol.